The van der Waals surface area contributed by atoms with Crippen LogP contribution in [0.3, 0.4) is 0 Å². The third-order valence-electron chi connectivity index (χ3n) is 4.62. The van der Waals surface area contributed by atoms with Crippen LogP contribution in [0.15, 0.2) is 4.52 Å². The zero-order chi connectivity index (χ0) is 14.3. The van der Waals surface area contributed by atoms with Gasteiger partial charge in [-0.05, 0) is 32.1 Å². The maximum Gasteiger partial charge on any atom is 0.243 e. The second-order valence-corrected chi connectivity index (χ2v) is 8.43. The Bertz CT molecular complexity index is 569. The second-order valence-electron chi connectivity index (χ2n) is 6.07. The first-order valence-corrected chi connectivity index (χ1v) is 9.19. The van der Waals surface area contributed by atoms with Crippen LogP contribution in [-0.2, 0) is 9.84 Å². The number of hydrogen-bond donors (Lipinski definition) is 1. The molecular weight excluding hydrogens is 278 g/mol. The molecule has 2 heterocycles. The van der Waals surface area contributed by atoms with E-state index in [-0.39, 0.29) is 11.9 Å². The standard InChI is InChI=1S/C13H21N3O3S/c1-8(20(2,17)18)12-15-13(19-16-12)11-7-9-5-3-4-6-10(9)14-11/h8-11,14H,3-7H2,1-2H3. The summed E-state index contributed by atoms with van der Waals surface area (Å²) in [7, 11) is -3.19. The highest BCUT2D eigenvalue weighted by molar-refractivity contribution is 7.90. The topological polar surface area (TPSA) is 85.1 Å². The molecule has 7 heteroatoms. The quantitative estimate of drug-likeness (QED) is 0.915. The maximum atomic E-state index is 11.5. The van der Waals surface area contributed by atoms with E-state index in [9.17, 15) is 8.42 Å². The summed E-state index contributed by atoms with van der Waals surface area (Å²) in [4.78, 5) is 4.30. The number of rotatable bonds is 3. The average molecular weight is 299 g/mol. The Balaban J connectivity index is 1.74. The van der Waals surface area contributed by atoms with Crippen molar-refractivity contribution in [2.24, 2.45) is 5.92 Å². The molecule has 3 rings (SSSR count). The van der Waals surface area contributed by atoms with Crippen molar-refractivity contribution in [3.05, 3.63) is 11.7 Å². The van der Waals surface area contributed by atoms with E-state index in [0.717, 1.165) is 6.42 Å². The van der Waals surface area contributed by atoms with E-state index < -0.39 is 15.1 Å². The maximum absolute atomic E-state index is 11.5. The fourth-order valence-electron chi connectivity index (χ4n) is 3.26. The highest BCUT2D eigenvalue weighted by Crippen LogP contribution is 2.38. The van der Waals surface area contributed by atoms with Gasteiger partial charge in [-0.2, -0.15) is 4.98 Å². The van der Waals surface area contributed by atoms with Gasteiger partial charge in [0, 0.05) is 12.3 Å². The summed E-state index contributed by atoms with van der Waals surface area (Å²) < 4.78 is 28.3. The molecule has 20 heavy (non-hydrogen) atoms. The van der Waals surface area contributed by atoms with Crippen LogP contribution >= 0.6 is 0 Å². The van der Waals surface area contributed by atoms with Gasteiger partial charge in [0.25, 0.3) is 0 Å². The summed E-state index contributed by atoms with van der Waals surface area (Å²) >= 11 is 0. The first-order chi connectivity index (χ1) is 9.45. The van der Waals surface area contributed by atoms with E-state index in [1.54, 1.807) is 6.92 Å². The van der Waals surface area contributed by atoms with E-state index in [1.165, 1.54) is 31.9 Å². The van der Waals surface area contributed by atoms with E-state index >= 15 is 0 Å². The van der Waals surface area contributed by atoms with Crippen LogP contribution in [0.2, 0.25) is 0 Å². The van der Waals surface area contributed by atoms with Crippen LogP contribution < -0.4 is 5.32 Å². The predicted molar refractivity (Wildman–Crippen MR) is 73.8 cm³/mol. The lowest BCUT2D eigenvalue weighted by molar-refractivity contribution is 0.324. The monoisotopic (exact) mass is 299 g/mol. The van der Waals surface area contributed by atoms with Crippen molar-refractivity contribution in [1.29, 1.82) is 0 Å². The van der Waals surface area contributed by atoms with Gasteiger partial charge in [-0.25, -0.2) is 8.42 Å². The molecule has 1 aromatic rings. The van der Waals surface area contributed by atoms with Gasteiger partial charge < -0.3 is 9.84 Å². The molecule has 4 atom stereocenters. The van der Waals surface area contributed by atoms with Crippen LogP contribution in [0.25, 0.3) is 0 Å². The van der Waals surface area contributed by atoms with Crippen LogP contribution in [0.5, 0.6) is 0 Å². The van der Waals surface area contributed by atoms with E-state index in [4.69, 9.17) is 4.52 Å². The lowest BCUT2D eigenvalue weighted by Crippen LogP contribution is -2.30. The Kier molecular flexibility index (Phi) is 3.58. The van der Waals surface area contributed by atoms with Gasteiger partial charge in [-0.3, -0.25) is 0 Å². The molecule has 6 nitrogen and oxygen atoms in total. The molecule has 1 saturated heterocycles. The van der Waals surface area contributed by atoms with E-state index in [2.05, 4.69) is 15.5 Å². The number of aromatic nitrogens is 2. The molecule has 0 radical (unpaired) electrons. The molecule has 4 unspecified atom stereocenters. The molecule has 1 saturated carbocycles. The van der Waals surface area contributed by atoms with Gasteiger partial charge in [0.1, 0.15) is 5.25 Å². The summed E-state index contributed by atoms with van der Waals surface area (Å²) in [6.45, 7) is 1.59. The van der Waals surface area contributed by atoms with Gasteiger partial charge in [0.05, 0.1) is 6.04 Å². The minimum absolute atomic E-state index is 0.0797. The highest BCUT2D eigenvalue weighted by atomic mass is 32.2. The Labute approximate surface area is 119 Å². The Hall–Kier alpha value is -0.950. The van der Waals surface area contributed by atoms with Crippen LogP contribution in [0, 0.1) is 5.92 Å². The van der Waals surface area contributed by atoms with Crippen molar-refractivity contribution < 1.29 is 12.9 Å². The normalized spacial score (nSPS) is 32.0. The van der Waals surface area contributed by atoms with Crippen molar-refractivity contribution in [2.75, 3.05) is 6.26 Å². The smallest absolute Gasteiger partial charge is 0.243 e. The van der Waals surface area contributed by atoms with Crippen molar-refractivity contribution in [1.82, 2.24) is 15.5 Å². The molecule has 1 aromatic heterocycles. The molecular formula is C13H21N3O3S. The van der Waals surface area contributed by atoms with Crippen LogP contribution in [0.4, 0.5) is 0 Å². The molecule has 0 bridgehead atoms. The van der Waals surface area contributed by atoms with Crippen LogP contribution in [-0.4, -0.2) is 30.9 Å². The summed E-state index contributed by atoms with van der Waals surface area (Å²) in [6, 6.07) is 0.632. The average Bonchev–Trinajstić information content (AvgIpc) is 3.03. The minimum Gasteiger partial charge on any atom is -0.338 e. The van der Waals surface area contributed by atoms with E-state index in [1.807, 2.05) is 0 Å². The fraction of sp³-hybridized carbons (Fsp3) is 0.846. The Morgan fingerprint density at radius 3 is 2.80 bits per heavy atom. The number of nitrogens with one attached hydrogen (secondary N) is 1. The van der Waals surface area contributed by atoms with Gasteiger partial charge in [0.2, 0.25) is 5.89 Å². The SMILES string of the molecule is CC(c1noc(C2CC3CCCCC3N2)n1)S(C)(=O)=O. The first kappa shape index (κ1) is 14.0. The lowest BCUT2D eigenvalue weighted by Gasteiger charge is -2.24. The molecule has 0 aromatic carbocycles. The van der Waals surface area contributed by atoms with Crippen molar-refractivity contribution in [3.8, 4) is 0 Å². The third kappa shape index (κ3) is 2.61. The van der Waals surface area contributed by atoms with Gasteiger partial charge in [-0.15, -0.1) is 0 Å². The summed E-state index contributed by atoms with van der Waals surface area (Å²) in [5.74, 6) is 1.49. The van der Waals surface area contributed by atoms with Crippen molar-refractivity contribution in [3.63, 3.8) is 0 Å². The number of hydrogen-bond acceptors (Lipinski definition) is 6. The molecule has 2 aliphatic rings. The zero-order valence-electron chi connectivity index (χ0n) is 11.9. The number of sulfone groups is 1. The fourth-order valence-corrected chi connectivity index (χ4v) is 3.73. The minimum atomic E-state index is -3.19. The van der Waals surface area contributed by atoms with Crippen molar-refractivity contribution >= 4 is 9.84 Å². The number of nitrogens with zero attached hydrogens (tertiary/aromatic N) is 2. The number of fused-ring (bicyclic) bond motifs is 1. The Morgan fingerprint density at radius 2 is 2.10 bits per heavy atom. The van der Waals surface area contributed by atoms with Gasteiger partial charge in [0.15, 0.2) is 15.7 Å². The van der Waals surface area contributed by atoms with Gasteiger partial charge >= 0.3 is 0 Å². The highest BCUT2D eigenvalue weighted by Gasteiger charge is 2.38. The predicted octanol–water partition coefficient (Wildman–Crippen LogP) is 1.77. The first-order valence-electron chi connectivity index (χ1n) is 7.23. The zero-order valence-corrected chi connectivity index (χ0v) is 12.7. The third-order valence-corrected chi connectivity index (χ3v) is 6.12. The van der Waals surface area contributed by atoms with Gasteiger partial charge in [-0.1, -0.05) is 18.0 Å². The summed E-state index contributed by atoms with van der Waals surface area (Å²) in [6.07, 6.45) is 7.25. The molecule has 2 fully saturated rings. The van der Waals surface area contributed by atoms with Crippen LogP contribution in [0.1, 0.15) is 62.0 Å². The summed E-state index contributed by atoms with van der Waals surface area (Å²) in [5, 5.41) is 6.67. The molecule has 1 N–H and O–H groups in total. The molecule has 1 aliphatic carbocycles. The largest absolute Gasteiger partial charge is 0.338 e. The molecule has 0 spiro atoms. The Morgan fingerprint density at radius 1 is 1.35 bits per heavy atom. The molecule has 1 aliphatic heterocycles. The molecule has 112 valence electrons. The lowest BCUT2D eigenvalue weighted by atomic mass is 9.85. The second kappa shape index (κ2) is 5.11. The van der Waals surface area contributed by atoms with Crippen molar-refractivity contribution in [2.45, 2.75) is 56.4 Å². The summed E-state index contributed by atoms with van der Waals surface area (Å²) in [5.41, 5.74) is 0. The van der Waals surface area contributed by atoms with E-state index in [0.29, 0.717) is 17.9 Å². The molecule has 0 amide bonds.